The molecule has 1 saturated heterocycles. The first-order valence-corrected chi connectivity index (χ1v) is 16.8. The molecule has 5 rings (SSSR count). The van der Waals surface area contributed by atoms with Gasteiger partial charge in [0.2, 0.25) is 5.91 Å². The van der Waals surface area contributed by atoms with Crippen molar-refractivity contribution in [2.24, 2.45) is 0 Å². The molecule has 14 nitrogen and oxygen atoms in total. The van der Waals surface area contributed by atoms with Crippen LogP contribution in [0.25, 0.3) is 10.9 Å². The number of amides is 4. The van der Waals surface area contributed by atoms with Crippen LogP contribution in [0.2, 0.25) is 0 Å². The molecule has 0 bridgehead atoms. The van der Waals surface area contributed by atoms with E-state index in [0.717, 1.165) is 0 Å². The Morgan fingerprint density at radius 2 is 1.60 bits per heavy atom. The SMILES string of the molecule is COc1ccc(N(C(=O)Nc2ccc(F)cc2)C(C)c2nc3ccccc3c(=O)n2N2CCN(C(=O)[C@H](C)NC(=O)OC(C)(C)C)CC2)c(OC)c1. The van der Waals surface area contributed by atoms with Crippen molar-refractivity contribution in [3.8, 4) is 11.5 Å². The Kier molecular flexibility index (Phi) is 11.2. The van der Waals surface area contributed by atoms with Crippen LogP contribution in [-0.2, 0) is 9.53 Å². The Balaban J connectivity index is 1.51. The van der Waals surface area contributed by atoms with Crippen molar-refractivity contribution in [2.75, 3.05) is 55.6 Å². The summed E-state index contributed by atoms with van der Waals surface area (Å²) >= 11 is 0. The number of hydrogen-bond acceptors (Lipinski definition) is 9. The highest BCUT2D eigenvalue weighted by Crippen LogP contribution is 2.37. The Morgan fingerprint density at radius 3 is 2.23 bits per heavy atom. The van der Waals surface area contributed by atoms with Crippen molar-refractivity contribution >= 4 is 40.3 Å². The summed E-state index contributed by atoms with van der Waals surface area (Å²) in [6.07, 6.45) is -0.694. The number of halogens is 1. The highest BCUT2D eigenvalue weighted by molar-refractivity contribution is 6.03. The highest BCUT2D eigenvalue weighted by Gasteiger charge is 2.34. The molecule has 0 saturated carbocycles. The molecule has 0 spiro atoms. The maximum Gasteiger partial charge on any atom is 0.408 e. The van der Waals surface area contributed by atoms with Gasteiger partial charge in [0, 0.05) is 24.8 Å². The van der Waals surface area contributed by atoms with E-state index in [1.54, 1.807) is 87.0 Å². The van der Waals surface area contributed by atoms with Gasteiger partial charge in [-0.2, -0.15) is 0 Å². The molecule has 3 aromatic carbocycles. The van der Waals surface area contributed by atoms with Crippen LogP contribution < -0.4 is 35.6 Å². The number of aromatic nitrogens is 2. The van der Waals surface area contributed by atoms with Gasteiger partial charge in [-0.3, -0.25) is 14.5 Å². The number of alkyl carbamates (subject to hydrolysis) is 1. The van der Waals surface area contributed by atoms with E-state index >= 15 is 0 Å². The molecule has 2 heterocycles. The predicted octanol–water partition coefficient (Wildman–Crippen LogP) is 5.05. The quantitative estimate of drug-likeness (QED) is 0.243. The normalized spacial score (nSPS) is 14.3. The van der Waals surface area contributed by atoms with Crippen molar-refractivity contribution in [3.05, 3.63) is 88.7 Å². The molecule has 276 valence electrons. The second kappa shape index (κ2) is 15.6. The minimum absolute atomic E-state index is 0.243. The number of carbonyl (C=O) groups is 3. The lowest BCUT2D eigenvalue weighted by Gasteiger charge is -2.40. The summed E-state index contributed by atoms with van der Waals surface area (Å²) in [5.41, 5.74) is 0.0571. The maximum atomic E-state index is 14.3. The fourth-order valence-electron chi connectivity index (χ4n) is 5.93. The molecule has 1 aromatic heterocycles. The van der Waals surface area contributed by atoms with Gasteiger partial charge >= 0.3 is 12.1 Å². The molecule has 1 unspecified atom stereocenters. The first kappa shape index (κ1) is 37.4. The second-order valence-corrected chi connectivity index (χ2v) is 13.3. The Morgan fingerprint density at radius 1 is 0.923 bits per heavy atom. The van der Waals surface area contributed by atoms with Crippen LogP contribution in [0.15, 0.2) is 71.5 Å². The average Bonchev–Trinajstić information content (AvgIpc) is 3.11. The number of benzene rings is 3. The van der Waals surface area contributed by atoms with Gasteiger partial charge in [0.1, 0.15) is 29.0 Å². The minimum atomic E-state index is -0.891. The molecule has 2 atom stereocenters. The number of anilines is 2. The Hall–Kier alpha value is -5.86. The number of rotatable bonds is 9. The summed E-state index contributed by atoms with van der Waals surface area (Å²) < 4.78 is 31.6. The van der Waals surface area contributed by atoms with Gasteiger partial charge in [-0.25, -0.2) is 23.6 Å². The number of nitrogens with one attached hydrogen (secondary N) is 2. The van der Waals surface area contributed by atoms with E-state index in [0.29, 0.717) is 33.8 Å². The average molecular weight is 718 g/mol. The van der Waals surface area contributed by atoms with E-state index in [9.17, 15) is 23.6 Å². The van der Waals surface area contributed by atoms with Crippen molar-refractivity contribution in [3.63, 3.8) is 0 Å². The van der Waals surface area contributed by atoms with Crippen LogP contribution in [0.5, 0.6) is 11.5 Å². The van der Waals surface area contributed by atoms with Gasteiger partial charge in [0.15, 0.2) is 5.82 Å². The van der Waals surface area contributed by atoms with Crippen molar-refractivity contribution in [1.82, 2.24) is 19.9 Å². The third-order valence-corrected chi connectivity index (χ3v) is 8.45. The van der Waals surface area contributed by atoms with E-state index < -0.39 is 35.6 Å². The molecule has 1 fully saturated rings. The van der Waals surface area contributed by atoms with Gasteiger partial charge in [-0.1, -0.05) is 12.1 Å². The Bertz CT molecular complexity index is 1990. The number of ether oxygens (including phenoxy) is 3. The van der Waals surface area contributed by atoms with E-state index in [2.05, 4.69) is 10.6 Å². The fourth-order valence-corrected chi connectivity index (χ4v) is 5.93. The summed E-state index contributed by atoms with van der Waals surface area (Å²) in [6, 6.07) is 14.9. The number of carbonyl (C=O) groups excluding carboxylic acids is 3. The summed E-state index contributed by atoms with van der Waals surface area (Å²) in [7, 11) is 2.98. The molecule has 1 aliphatic heterocycles. The number of para-hydroxylation sites is 1. The van der Waals surface area contributed by atoms with Gasteiger partial charge < -0.3 is 34.8 Å². The lowest BCUT2D eigenvalue weighted by Crippen LogP contribution is -2.59. The van der Waals surface area contributed by atoms with E-state index in [-0.39, 0.29) is 43.5 Å². The van der Waals surface area contributed by atoms with Gasteiger partial charge in [0.05, 0.1) is 49.9 Å². The Labute approximate surface area is 301 Å². The van der Waals surface area contributed by atoms with E-state index in [4.69, 9.17) is 19.2 Å². The summed E-state index contributed by atoms with van der Waals surface area (Å²) in [5.74, 6) is 0.307. The zero-order chi connectivity index (χ0) is 37.7. The lowest BCUT2D eigenvalue weighted by atomic mass is 10.1. The fraction of sp³-hybridized carbons (Fsp3) is 0.378. The molecule has 0 aliphatic carbocycles. The third kappa shape index (κ3) is 8.36. The van der Waals surface area contributed by atoms with Crippen molar-refractivity contribution < 1.29 is 33.0 Å². The topological polar surface area (TPSA) is 148 Å². The molecule has 2 N–H and O–H groups in total. The molecular weight excluding hydrogens is 673 g/mol. The first-order valence-electron chi connectivity index (χ1n) is 16.8. The number of fused-ring (bicyclic) bond motifs is 1. The van der Waals surface area contributed by atoms with Crippen molar-refractivity contribution in [1.29, 1.82) is 0 Å². The summed E-state index contributed by atoms with van der Waals surface area (Å²) in [6.45, 7) is 9.53. The van der Waals surface area contributed by atoms with E-state index in [1.807, 2.05) is 0 Å². The molecule has 1 aliphatic rings. The van der Waals surface area contributed by atoms with Crippen LogP contribution >= 0.6 is 0 Å². The van der Waals surface area contributed by atoms with Crippen LogP contribution in [0, 0.1) is 5.82 Å². The summed E-state index contributed by atoms with van der Waals surface area (Å²) in [4.78, 5) is 62.1. The molecule has 0 radical (unpaired) electrons. The largest absolute Gasteiger partial charge is 0.497 e. The standard InChI is InChI=1S/C37H44FN7O7/c1-23(39-36(49)52-37(3,4)5)33(46)42-18-20-43(21-19-42)45-32(41-29-11-9-8-10-28(29)34(45)47)24(2)44(30-17-16-27(50-6)22-31(30)51-7)35(48)40-26-14-12-25(38)13-15-26/h8-17,22-24H,18-21H2,1-7H3,(H,39,49)(H,40,48)/t23-,24?/m0/s1. The number of methoxy groups -OCH3 is 2. The minimum Gasteiger partial charge on any atom is -0.497 e. The van der Waals surface area contributed by atoms with Crippen LogP contribution in [0.4, 0.5) is 25.4 Å². The molecule has 4 amide bonds. The predicted molar refractivity (Wildman–Crippen MR) is 195 cm³/mol. The second-order valence-electron chi connectivity index (χ2n) is 13.3. The first-order chi connectivity index (χ1) is 24.7. The molecule has 52 heavy (non-hydrogen) atoms. The number of piperazine rings is 1. The summed E-state index contributed by atoms with van der Waals surface area (Å²) in [5, 5.41) is 7.59. The van der Waals surface area contributed by atoms with Gasteiger partial charge in [-0.05, 0) is 83.1 Å². The lowest BCUT2D eigenvalue weighted by molar-refractivity contribution is -0.133. The van der Waals surface area contributed by atoms with Gasteiger partial charge in [0.25, 0.3) is 5.56 Å². The monoisotopic (exact) mass is 717 g/mol. The number of urea groups is 1. The number of nitrogens with zero attached hydrogens (tertiary/aromatic N) is 5. The smallest absolute Gasteiger partial charge is 0.408 e. The number of hydrogen-bond donors (Lipinski definition) is 2. The zero-order valence-corrected chi connectivity index (χ0v) is 30.3. The molecular formula is C37H44FN7O7. The maximum absolute atomic E-state index is 14.3. The van der Waals surface area contributed by atoms with Crippen molar-refractivity contribution in [2.45, 2.75) is 52.3 Å². The van der Waals surface area contributed by atoms with E-state index in [1.165, 1.54) is 48.1 Å². The van der Waals surface area contributed by atoms with Gasteiger partial charge in [-0.15, -0.1) is 0 Å². The molecule has 15 heteroatoms. The third-order valence-electron chi connectivity index (χ3n) is 8.45. The molecule has 4 aromatic rings. The highest BCUT2D eigenvalue weighted by atomic mass is 19.1. The van der Waals surface area contributed by atoms with Crippen LogP contribution in [0.1, 0.15) is 46.5 Å². The van der Waals surface area contributed by atoms with Crippen LogP contribution in [-0.4, -0.2) is 84.6 Å². The van der Waals surface area contributed by atoms with Crippen LogP contribution in [0.3, 0.4) is 0 Å². The zero-order valence-electron chi connectivity index (χ0n) is 30.3.